The summed E-state index contributed by atoms with van der Waals surface area (Å²) >= 11 is 0. The Kier molecular flexibility index (Phi) is 6.51. The number of nitrogens with zero attached hydrogens (tertiary/aromatic N) is 5. The van der Waals surface area contributed by atoms with Gasteiger partial charge in [0.25, 0.3) is 5.69 Å². The number of halogens is 2. The van der Waals surface area contributed by atoms with Crippen LogP contribution in [-0.2, 0) is 24.2 Å². The van der Waals surface area contributed by atoms with Crippen molar-refractivity contribution in [1.29, 1.82) is 0 Å². The highest BCUT2D eigenvalue weighted by molar-refractivity contribution is 5.44. The monoisotopic (exact) mass is 483 g/mol. The standard InChI is InChI=1S/C24H23F2N5O4/c25-17-4-5-22(20(26)13-17)35-23-19-15-29(14-16-2-1-3-18(12-16)31(32)33)7-6-21(19)27-24(28-23)30-8-10-34-11-9-30/h1-5,12-13H,6-11,14-15H2. The van der Waals surface area contributed by atoms with Crippen molar-refractivity contribution in [3.8, 4) is 11.6 Å². The highest BCUT2D eigenvalue weighted by atomic mass is 19.1. The van der Waals surface area contributed by atoms with Gasteiger partial charge in [-0.15, -0.1) is 0 Å². The zero-order valence-corrected chi connectivity index (χ0v) is 18.8. The van der Waals surface area contributed by atoms with Gasteiger partial charge in [-0.25, -0.2) is 13.8 Å². The van der Waals surface area contributed by atoms with Crippen molar-refractivity contribution in [2.75, 3.05) is 37.7 Å². The lowest BCUT2D eigenvalue weighted by molar-refractivity contribution is -0.384. The van der Waals surface area contributed by atoms with E-state index >= 15 is 0 Å². The maximum Gasteiger partial charge on any atom is 0.269 e. The van der Waals surface area contributed by atoms with Crippen LogP contribution in [0.4, 0.5) is 20.4 Å². The van der Waals surface area contributed by atoms with Crippen LogP contribution < -0.4 is 9.64 Å². The fourth-order valence-electron chi connectivity index (χ4n) is 4.24. The Labute approximate surface area is 200 Å². The van der Waals surface area contributed by atoms with E-state index in [0.717, 1.165) is 23.4 Å². The van der Waals surface area contributed by atoms with E-state index in [1.807, 2.05) is 11.0 Å². The molecule has 0 bridgehead atoms. The van der Waals surface area contributed by atoms with Crippen molar-refractivity contribution in [2.24, 2.45) is 0 Å². The van der Waals surface area contributed by atoms with E-state index in [-0.39, 0.29) is 17.3 Å². The van der Waals surface area contributed by atoms with E-state index in [1.165, 1.54) is 12.1 Å². The van der Waals surface area contributed by atoms with Gasteiger partial charge in [0.1, 0.15) is 5.82 Å². The van der Waals surface area contributed by atoms with Crippen LogP contribution in [0.5, 0.6) is 11.6 Å². The number of aromatic nitrogens is 2. The maximum absolute atomic E-state index is 14.4. The zero-order chi connectivity index (χ0) is 24.4. The molecule has 0 atom stereocenters. The van der Waals surface area contributed by atoms with Gasteiger partial charge in [-0.1, -0.05) is 12.1 Å². The molecule has 2 aliphatic rings. The van der Waals surface area contributed by atoms with E-state index in [2.05, 4.69) is 9.88 Å². The summed E-state index contributed by atoms with van der Waals surface area (Å²) in [6.45, 7) is 3.94. The first-order valence-corrected chi connectivity index (χ1v) is 11.3. The minimum absolute atomic E-state index is 0.0363. The topological polar surface area (TPSA) is 93.9 Å². The minimum atomic E-state index is -0.824. The molecular formula is C24H23F2N5O4. The van der Waals surface area contributed by atoms with E-state index in [0.29, 0.717) is 63.9 Å². The first kappa shape index (κ1) is 23.1. The third-order valence-corrected chi connectivity index (χ3v) is 6.01. The van der Waals surface area contributed by atoms with Gasteiger partial charge in [-0.3, -0.25) is 15.0 Å². The summed E-state index contributed by atoms with van der Waals surface area (Å²) in [4.78, 5) is 24.2. The summed E-state index contributed by atoms with van der Waals surface area (Å²) in [6, 6.07) is 9.64. The number of hydrogen-bond donors (Lipinski definition) is 0. The molecule has 3 aromatic rings. The predicted molar refractivity (Wildman–Crippen MR) is 122 cm³/mol. The van der Waals surface area contributed by atoms with Crippen LogP contribution in [0.25, 0.3) is 0 Å². The third-order valence-electron chi connectivity index (χ3n) is 6.01. The van der Waals surface area contributed by atoms with Gasteiger partial charge in [-0.2, -0.15) is 4.98 Å². The molecule has 0 radical (unpaired) electrons. The number of non-ortho nitro benzene ring substituents is 1. The average molecular weight is 483 g/mol. The van der Waals surface area contributed by atoms with E-state index in [1.54, 1.807) is 12.1 Å². The molecule has 35 heavy (non-hydrogen) atoms. The van der Waals surface area contributed by atoms with Crippen LogP contribution >= 0.6 is 0 Å². The number of hydrogen-bond acceptors (Lipinski definition) is 8. The van der Waals surface area contributed by atoms with Gasteiger partial charge in [-0.05, 0) is 17.7 Å². The second-order valence-electron chi connectivity index (χ2n) is 8.42. The number of nitro benzene ring substituents is 1. The van der Waals surface area contributed by atoms with Crippen molar-refractivity contribution in [1.82, 2.24) is 14.9 Å². The molecular weight excluding hydrogens is 460 g/mol. The quantitative estimate of drug-likeness (QED) is 0.386. The summed E-state index contributed by atoms with van der Waals surface area (Å²) in [5.41, 5.74) is 2.35. The summed E-state index contributed by atoms with van der Waals surface area (Å²) in [6.07, 6.45) is 0.604. The Hall–Kier alpha value is -3.70. The van der Waals surface area contributed by atoms with Gasteiger partial charge >= 0.3 is 0 Å². The second-order valence-corrected chi connectivity index (χ2v) is 8.42. The lowest BCUT2D eigenvalue weighted by Gasteiger charge is -2.31. The third kappa shape index (κ3) is 5.20. The molecule has 1 saturated heterocycles. The van der Waals surface area contributed by atoms with E-state index in [4.69, 9.17) is 14.5 Å². The maximum atomic E-state index is 14.4. The lowest BCUT2D eigenvalue weighted by atomic mass is 10.1. The van der Waals surface area contributed by atoms with Crippen molar-refractivity contribution in [3.05, 3.63) is 81.0 Å². The number of nitro groups is 1. The van der Waals surface area contributed by atoms with Gasteiger partial charge in [0.05, 0.1) is 29.4 Å². The van der Waals surface area contributed by atoms with Gasteiger partial charge in [0.2, 0.25) is 11.8 Å². The minimum Gasteiger partial charge on any atom is -0.435 e. The Morgan fingerprint density at radius 1 is 1.09 bits per heavy atom. The summed E-state index contributed by atoms with van der Waals surface area (Å²) < 4.78 is 39.1. The number of morpholine rings is 1. The van der Waals surface area contributed by atoms with Crippen molar-refractivity contribution in [2.45, 2.75) is 19.5 Å². The molecule has 1 aromatic heterocycles. The second kappa shape index (κ2) is 9.88. The van der Waals surface area contributed by atoms with Crippen LogP contribution in [0.3, 0.4) is 0 Å². The molecule has 0 aliphatic carbocycles. The Morgan fingerprint density at radius 2 is 1.91 bits per heavy atom. The fraction of sp³-hybridized carbons (Fsp3) is 0.333. The molecule has 5 rings (SSSR count). The van der Waals surface area contributed by atoms with Gasteiger partial charge in [0.15, 0.2) is 11.6 Å². The first-order valence-electron chi connectivity index (χ1n) is 11.3. The Morgan fingerprint density at radius 3 is 2.69 bits per heavy atom. The van der Waals surface area contributed by atoms with E-state index in [9.17, 15) is 18.9 Å². The van der Waals surface area contributed by atoms with Crippen molar-refractivity contribution < 1.29 is 23.2 Å². The Bertz CT molecular complexity index is 1250. The van der Waals surface area contributed by atoms with Gasteiger partial charge in [0, 0.05) is 57.3 Å². The highest BCUT2D eigenvalue weighted by Gasteiger charge is 2.27. The molecule has 0 amide bonds. The predicted octanol–water partition coefficient (Wildman–Crippen LogP) is 3.85. The van der Waals surface area contributed by atoms with Crippen LogP contribution in [0, 0.1) is 21.7 Å². The molecule has 1 fully saturated rings. The van der Waals surface area contributed by atoms with Crippen LogP contribution in [0.2, 0.25) is 0 Å². The molecule has 2 aromatic carbocycles. The molecule has 0 unspecified atom stereocenters. The molecule has 0 N–H and O–H groups in total. The number of benzene rings is 2. The lowest BCUT2D eigenvalue weighted by Crippen LogP contribution is -2.38. The Balaban J connectivity index is 1.45. The van der Waals surface area contributed by atoms with Crippen LogP contribution in [0.15, 0.2) is 42.5 Å². The summed E-state index contributed by atoms with van der Waals surface area (Å²) in [5, 5.41) is 11.1. The van der Waals surface area contributed by atoms with Crippen molar-refractivity contribution >= 4 is 11.6 Å². The first-order chi connectivity index (χ1) is 17.0. The molecule has 2 aliphatic heterocycles. The number of rotatable bonds is 6. The molecule has 11 heteroatoms. The zero-order valence-electron chi connectivity index (χ0n) is 18.8. The normalized spacial score (nSPS) is 16.1. The largest absolute Gasteiger partial charge is 0.435 e. The van der Waals surface area contributed by atoms with Crippen LogP contribution in [0.1, 0.15) is 16.8 Å². The molecule has 9 nitrogen and oxygen atoms in total. The van der Waals surface area contributed by atoms with Crippen molar-refractivity contribution in [3.63, 3.8) is 0 Å². The number of ether oxygens (including phenoxy) is 2. The van der Waals surface area contributed by atoms with E-state index < -0.39 is 16.6 Å². The number of fused-ring (bicyclic) bond motifs is 1. The number of anilines is 1. The highest BCUT2D eigenvalue weighted by Crippen LogP contribution is 2.33. The van der Waals surface area contributed by atoms with Gasteiger partial charge < -0.3 is 14.4 Å². The average Bonchev–Trinajstić information content (AvgIpc) is 2.86. The molecule has 182 valence electrons. The molecule has 0 saturated carbocycles. The summed E-state index contributed by atoms with van der Waals surface area (Å²) in [5.74, 6) is -0.954. The SMILES string of the molecule is O=[N+]([O-])c1cccc(CN2CCc3nc(N4CCOCC4)nc(Oc4ccc(F)cc4F)c3C2)c1. The fourth-order valence-corrected chi connectivity index (χ4v) is 4.24. The molecule has 3 heterocycles. The smallest absolute Gasteiger partial charge is 0.269 e. The van der Waals surface area contributed by atoms with Crippen LogP contribution in [-0.4, -0.2) is 52.6 Å². The molecule has 0 spiro atoms. The summed E-state index contributed by atoms with van der Waals surface area (Å²) in [7, 11) is 0.